The van der Waals surface area contributed by atoms with Crippen LogP contribution in [-0.4, -0.2) is 52.5 Å². The Bertz CT molecular complexity index is 583. The summed E-state index contributed by atoms with van der Waals surface area (Å²) in [6.45, 7) is 1.47. The molecule has 0 radical (unpaired) electrons. The van der Waals surface area contributed by atoms with Gasteiger partial charge in [-0.05, 0) is 20.2 Å². The van der Waals surface area contributed by atoms with Crippen molar-refractivity contribution in [3.05, 3.63) is 40.9 Å². The van der Waals surface area contributed by atoms with Gasteiger partial charge >= 0.3 is 0 Å². The van der Waals surface area contributed by atoms with E-state index in [1.807, 2.05) is 19.0 Å². The zero-order valence-corrected chi connectivity index (χ0v) is 13.1. The molecule has 1 unspecified atom stereocenters. The Morgan fingerprint density at radius 1 is 1.38 bits per heavy atom. The highest BCUT2D eigenvalue weighted by molar-refractivity contribution is 6.29. The molecule has 0 aromatic carbocycles. The summed E-state index contributed by atoms with van der Waals surface area (Å²) in [5.74, 6) is 0.552. The van der Waals surface area contributed by atoms with Crippen LogP contribution in [-0.2, 0) is 6.54 Å². The van der Waals surface area contributed by atoms with Crippen LogP contribution in [0.2, 0.25) is 5.15 Å². The summed E-state index contributed by atoms with van der Waals surface area (Å²) in [6, 6.07) is 3.38. The summed E-state index contributed by atoms with van der Waals surface area (Å²) < 4.78 is 7.04. The third-order valence-electron chi connectivity index (χ3n) is 3.15. The molecule has 2 heterocycles. The zero-order valence-electron chi connectivity index (χ0n) is 12.3. The molecule has 0 saturated heterocycles. The number of hydrogen-bond acceptors (Lipinski definition) is 5. The molecule has 6 nitrogen and oxygen atoms in total. The van der Waals surface area contributed by atoms with Gasteiger partial charge in [-0.1, -0.05) is 17.7 Å². The van der Waals surface area contributed by atoms with E-state index in [0.29, 0.717) is 28.7 Å². The van der Waals surface area contributed by atoms with E-state index in [1.54, 1.807) is 36.3 Å². The number of nitrogens with zero attached hydrogens (tertiary/aromatic N) is 4. The van der Waals surface area contributed by atoms with Gasteiger partial charge in [-0.3, -0.25) is 4.68 Å². The van der Waals surface area contributed by atoms with Crippen LogP contribution in [0.25, 0.3) is 0 Å². The van der Waals surface area contributed by atoms with E-state index >= 15 is 0 Å². The maximum atomic E-state index is 10.6. The maximum absolute atomic E-state index is 10.6. The molecule has 21 heavy (non-hydrogen) atoms. The normalized spacial score (nSPS) is 12.7. The van der Waals surface area contributed by atoms with E-state index in [-0.39, 0.29) is 0 Å². The Morgan fingerprint density at radius 2 is 2.14 bits per heavy atom. The molecule has 0 amide bonds. The van der Waals surface area contributed by atoms with E-state index in [4.69, 9.17) is 16.3 Å². The molecule has 0 aliphatic carbocycles. The van der Waals surface area contributed by atoms with Gasteiger partial charge in [0.15, 0.2) is 5.75 Å². The molecule has 2 rings (SSSR count). The van der Waals surface area contributed by atoms with Crippen LogP contribution in [0.15, 0.2) is 24.5 Å². The number of rotatable bonds is 6. The lowest BCUT2D eigenvalue weighted by atomic mass is 10.1. The lowest BCUT2D eigenvalue weighted by Gasteiger charge is -2.16. The Morgan fingerprint density at radius 3 is 2.71 bits per heavy atom. The number of ether oxygens (including phenoxy) is 1. The van der Waals surface area contributed by atoms with Gasteiger partial charge in [0.2, 0.25) is 0 Å². The fraction of sp³-hybridized carbons (Fsp3) is 0.429. The second-order valence-corrected chi connectivity index (χ2v) is 5.33. The van der Waals surface area contributed by atoms with Crippen LogP contribution >= 0.6 is 11.6 Å². The maximum Gasteiger partial charge on any atom is 0.163 e. The molecule has 0 bridgehead atoms. The van der Waals surface area contributed by atoms with Gasteiger partial charge in [-0.25, -0.2) is 4.98 Å². The number of likely N-dealkylation sites (N-methyl/N-ethyl adjacent to an activating group) is 1. The first-order valence-electron chi connectivity index (χ1n) is 6.57. The van der Waals surface area contributed by atoms with Crippen molar-refractivity contribution in [2.45, 2.75) is 12.6 Å². The van der Waals surface area contributed by atoms with Crippen LogP contribution in [0.5, 0.6) is 5.75 Å². The highest BCUT2D eigenvalue weighted by Gasteiger charge is 2.22. The Labute approximate surface area is 128 Å². The van der Waals surface area contributed by atoms with E-state index in [2.05, 4.69) is 10.1 Å². The highest BCUT2D eigenvalue weighted by atomic mass is 35.5. The minimum absolute atomic E-state index is 0.388. The van der Waals surface area contributed by atoms with Crippen molar-refractivity contribution in [1.82, 2.24) is 19.7 Å². The van der Waals surface area contributed by atoms with Crippen LogP contribution in [0.1, 0.15) is 17.4 Å². The summed E-state index contributed by atoms with van der Waals surface area (Å²) in [4.78, 5) is 6.05. The van der Waals surface area contributed by atoms with E-state index in [9.17, 15) is 5.11 Å². The fourth-order valence-electron chi connectivity index (χ4n) is 1.99. The summed E-state index contributed by atoms with van der Waals surface area (Å²) in [7, 11) is 5.53. The number of pyridine rings is 1. The number of methoxy groups -OCH3 is 1. The molecule has 1 atom stereocenters. The molecular formula is C14H19ClN4O2. The SMILES string of the molecule is COc1cnn(CCN(C)C)c1C(O)c1ccc(Cl)nc1. The quantitative estimate of drug-likeness (QED) is 0.821. The first-order valence-corrected chi connectivity index (χ1v) is 6.94. The Hall–Kier alpha value is -1.63. The Kier molecular flexibility index (Phi) is 5.17. The van der Waals surface area contributed by atoms with E-state index in [1.165, 1.54) is 0 Å². The molecule has 1 N–H and O–H groups in total. The molecule has 0 saturated carbocycles. The predicted octanol–water partition coefficient (Wildman–Crippen LogP) is 1.58. The first kappa shape index (κ1) is 15.8. The van der Waals surface area contributed by atoms with Crippen molar-refractivity contribution >= 4 is 11.6 Å². The van der Waals surface area contributed by atoms with Crippen molar-refractivity contribution in [2.75, 3.05) is 27.7 Å². The average molecular weight is 311 g/mol. The van der Waals surface area contributed by atoms with Crippen LogP contribution in [0, 0.1) is 0 Å². The van der Waals surface area contributed by atoms with Crippen molar-refractivity contribution in [3.63, 3.8) is 0 Å². The minimum atomic E-state index is -0.866. The Balaban J connectivity index is 2.31. The van der Waals surface area contributed by atoms with Gasteiger partial charge in [0, 0.05) is 18.3 Å². The van der Waals surface area contributed by atoms with Crippen molar-refractivity contribution < 1.29 is 9.84 Å². The molecular weight excluding hydrogens is 292 g/mol. The summed E-state index contributed by atoms with van der Waals surface area (Å²) >= 11 is 5.78. The molecule has 114 valence electrons. The molecule has 2 aromatic heterocycles. The van der Waals surface area contributed by atoms with Crippen molar-refractivity contribution in [2.24, 2.45) is 0 Å². The van der Waals surface area contributed by atoms with Gasteiger partial charge in [-0.2, -0.15) is 5.10 Å². The molecule has 0 fully saturated rings. The van der Waals surface area contributed by atoms with Crippen molar-refractivity contribution in [1.29, 1.82) is 0 Å². The molecule has 0 spiro atoms. The molecule has 0 aliphatic rings. The molecule has 7 heteroatoms. The number of aromatic nitrogens is 3. The van der Waals surface area contributed by atoms with Gasteiger partial charge in [0.05, 0.1) is 19.9 Å². The van der Waals surface area contributed by atoms with Crippen molar-refractivity contribution in [3.8, 4) is 5.75 Å². The van der Waals surface area contributed by atoms with Crippen LogP contribution in [0.3, 0.4) is 0 Å². The summed E-state index contributed by atoms with van der Waals surface area (Å²) in [6.07, 6.45) is 2.29. The smallest absolute Gasteiger partial charge is 0.163 e. The average Bonchev–Trinajstić information content (AvgIpc) is 2.88. The van der Waals surface area contributed by atoms with Gasteiger partial charge in [-0.15, -0.1) is 0 Å². The van der Waals surface area contributed by atoms with E-state index < -0.39 is 6.10 Å². The first-order chi connectivity index (χ1) is 10.0. The number of aliphatic hydroxyl groups excluding tert-OH is 1. The standard InChI is InChI=1S/C14H19ClN4O2/c1-18(2)6-7-19-13(11(21-3)9-17-19)14(20)10-4-5-12(15)16-8-10/h4-5,8-9,14,20H,6-7H2,1-3H3. The highest BCUT2D eigenvalue weighted by Crippen LogP contribution is 2.29. The van der Waals surface area contributed by atoms with Crippen LogP contribution < -0.4 is 4.74 Å². The second kappa shape index (κ2) is 6.89. The monoisotopic (exact) mass is 310 g/mol. The topological polar surface area (TPSA) is 63.4 Å². The van der Waals surface area contributed by atoms with Crippen LogP contribution in [0.4, 0.5) is 0 Å². The molecule has 0 aliphatic heterocycles. The van der Waals surface area contributed by atoms with Gasteiger partial charge < -0.3 is 14.7 Å². The number of aliphatic hydroxyl groups is 1. The largest absolute Gasteiger partial charge is 0.493 e. The predicted molar refractivity (Wildman–Crippen MR) is 80.6 cm³/mol. The third-order valence-corrected chi connectivity index (χ3v) is 3.37. The minimum Gasteiger partial charge on any atom is -0.493 e. The lowest BCUT2D eigenvalue weighted by molar-refractivity contribution is 0.200. The summed E-state index contributed by atoms with van der Waals surface area (Å²) in [5.41, 5.74) is 1.26. The van der Waals surface area contributed by atoms with E-state index in [0.717, 1.165) is 6.54 Å². The van der Waals surface area contributed by atoms with Gasteiger partial charge in [0.1, 0.15) is 17.0 Å². The zero-order chi connectivity index (χ0) is 15.4. The lowest BCUT2D eigenvalue weighted by Crippen LogP contribution is -2.21. The fourth-order valence-corrected chi connectivity index (χ4v) is 2.10. The number of halogens is 1. The second-order valence-electron chi connectivity index (χ2n) is 4.94. The number of hydrogen-bond donors (Lipinski definition) is 1. The summed E-state index contributed by atoms with van der Waals surface area (Å²) in [5, 5.41) is 15.3. The van der Waals surface area contributed by atoms with Gasteiger partial charge in [0.25, 0.3) is 0 Å². The third kappa shape index (κ3) is 3.72. The molecule has 2 aromatic rings.